The second kappa shape index (κ2) is 7.06. The van der Waals surface area contributed by atoms with E-state index in [4.69, 9.17) is 20.8 Å². The Labute approximate surface area is 143 Å². The second-order valence-electron chi connectivity index (χ2n) is 4.76. The van der Waals surface area contributed by atoms with Crippen molar-refractivity contribution in [2.24, 2.45) is 0 Å². The molecule has 0 N–H and O–H groups in total. The van der Waals surface area contributed by atoms with E-state index < -0.39 is 21.8 Å². The van der Waals surface area contributed by atoms with Crippen LogP contribution in [0.1, 0.15) is 26.5 Å². The summed E-state index contributed by atoms with van der Waals surface area (Å²) in [5.74, 6) is -1.62. The molecule has 0 unspecified atom stereocenters. The van der Waals surface area contributed by atoms with E-state index in [0.717, 1.165) is 12.3 Å². The van der Waals surface area contributed by atoms with E-state index in [1.807, 2.05) is 0 Å². The van der Waals surface area contributed by atoms with Crippen molar-refractivity contribution in [3.8, 4) is 0 Å². The normalized spacial score (nSPS) is 11.1. The van der Waals surface area contributed by atoms with E-state index in [0.29, 0.717) is 5.56 Å². The molecule has 0 aliphatic rings. The van der Waals surface area contributed by atoms with Crippen molar-refractivity contribution in [3.05, 3.63) is 52.4 Å². The number of halogens is 1. The van der Waals surface area contributed by atoms with Crippen LogP contribution in [0.5, 0.6) is 0 Å². The molecule has 9 heteroatoms. The van der Waals surface area contributed by atoms with Gasteiger partial charge < -0.3 is 13.9 Å². The molecule has 0 fully saturated rings. The summed E-state index contributed by atoms with van der Waals surface area (Å²) in [5, 5.41) is 0.0489. The molecule has 2 aromatic rings. The summed E-state index contributed by atoms with van der Waals surface area (Å²) in [6.45, 7) is -0.265. The molecule has 0 radical (unpaired) electrons. The van der Waals surface area contributed by atoms with Crippen molar-refractivity contribution in [3.63, 3.8) is 0 Å². The zero-order valence-corrected chi connectivity index (χ0v) is 14.3. The third kappa shape index (κ3) is 3.95. The molecule has 0 bridgehead atoms. The van der Waals surface area contributed by atoms with Crippen molar-refractivity contribution in [2.75, 3.05) is 13.4 Å². The Hall–Kier alpha value is -2.32. The summed E-state index contributed by atoms with van der Waals surface area (Å²) in [6.07, 6.45) is 2.27. The molecular weight excluding hydrogens is 360 g/mol. The SMILES string of the molecule is COC(=O)c1occc1COC(=O)c1cc(S(C)(=O)=O)ccc1Cl. The Kier molecular flexibility index (Phi) is 5.30. The molecule has 0 saturated carbocycles. The Morgan fingerprint density at radius 3 is 2.54 bits per heavy atom. The first kappa shape index (κ1) is 18.0. The van der Waals surface area contributed by atoms with Crippen molar-refractivity contribution < 1.29 is 31.9 Å². The molecule has 7 nitrogen and oxygen atoms in total. The molecule has 2 rings (SSSR count). The van der Waals surface area contributed by atoms with E-state index >= 15 is 0 Å². The lowest BCUT2D eigenvalue weighted by atomic mass is 10.2. The summed E-state index contributed by atoms with van der Waals surface area (Å²) >= 11 is 5.92. The molecule has 1 aromatic carbocycles. The first-order valence-corrected chi connectivity index (χ1v) is 8.82. The summed E-state index contributed by atoms with van der Waals surface area (Å²) in [7, 11) is -2.31. The highest BCUT2D eigenvalue weighted by molar-refractivity contribution is 7.90. The Morgan fingerprint density at radius 2 is 1.92 bits per heavy atom. The van der Waals surface area contributed by atoms with E-state index in [-0.39, 0.29) is 27.8 Å². The molecule has 0 aliphatic heterocycles. The van der Waals surface area contributed by atoms with Gasteiger partial charge in [-0.3, -0.25) is 0 Å². The fourth-order valence-electron chi connectivity index (χ4n) is 1.83. The molecular formula is C15H13ClO7S. The lowest BCUT2D eigenvalue weighted by Crippen LogP contribution is -2.10. The fourth-order valence-corrected chi connectivity index (χ4v) is 2.68. The predicted molar refractivity (Wildman–Crippen MR) is 83.7 cm³/mol. The Morgan fingerprint density at radius 1 is 1.21 bits per heavy atom. The minimum atomic E-state index is -3.50. The topological polar surface area (TPSA) is 99.9 Å². The van der Waals surface area contributed by atoms with Gasteiger partial charge in [-0.15, -0.1) is 0 Å². The number of sulfone groups is 1. The third-order valence-corrected chi connectivity index (χ3v) is 4.50. The molecule has 0 saturated heterocycles. The highest BCUT2D eigenvalue weighted by Gasteiger charge is 2.20. The number of esters is 2. The quantitative estimate of drug-likeness (QED) is 0.743. The summed E-state index contributed by atoms with van der Waals surface area (Å²) in [6, 6.07) is 5.18. The van der Waals surface area contributed by atoms with Crippen LogP contribution in [-0.2, 0) is 25.9 Å². The van der Waals surface area contributed by atoms with Crippen LogP contribution in [0.2, 0.25) is 5.02 Å². The zero-order valence-electron chi connectivity index (χ0n) is 12.7. The largest absolute Gasteiger partial charge is 0.463 e. The van der Waals surface area contributed by atoms with E-state index in [2.05, 4.69) is 4.74 Å². The van der Waals surface area contributed by atoms with Gasteiger partial charge in [0.25, 0.3) is 0 Å². The number of benzene rings is 1. The van der Waals surface area contributed by atoms with Gasteiger partial charge in [0.15, 0.2) is 9.84 Å². The third-order valence-electron chi connectivity index (χ3n) is 3.06. The van der Waals surface area contributed by atoms with Gasteiger partial charge in [0.2, 0.25) is 5.76 Å². The highest BCUT2D eigenvalue weighted by atomic mass is 35.5. The number of hydrogen-bond acceptors (Lipinski definition) is 7. The van der Waals surface area contributed by atoms with E-state index in [9.17, 15) is 18.0 Å². The van der Waals surface area contributed by atoms with Crippen molar-refractivity contribution in [1.82, 2.24) is 0 Å². The number of carbonyl (C=O) groups excluding carboxylic acids is 2. The number of methoxy groups -OCH3 is 1. The molecule has 1 aromatic heterocycles. The van der Waals surface area contributed by atoms with Crippen LogP contribution in [-0.4, -0.2) is 33.7 Å². The zero-order chi connectivity index (χ0) is 17.9. The van der Waals surface area contributed by atoms with Gasteiger partial charge in [0.05, 0.1) is 28.9 Å². The molecule has 128 valence electrons. The van der Waals surface area contributed by atoms with E-state index in [1.165, 1.54) is 31.6 Å². The van der Waals surface area contributed by atoms with Crippen molar-refractivity contribution in [1.29, 1.82) is 0 Å². The van der Waals surface area contributed by atoms with Crippen molar-refractivity contribution >= 4 is 33.4 Å². The van der Waals surface area contributed by atoms with Gasteiger partial charge in [-0.25, -0.2) is 18.0 Å². The van der Waals surface area contributed by atoms with Crippen LogP contribution in [0, 0.1) is 0 Å². The summed E-state index contributed by atoms with van der Waals surface area (Å²) in [5.41, 5.74) is 0.216. The van der Waals surface area contributed by atoms with Gasteiger partial charge in [0, 0.05) is 11.8 Å². The summed E-state index contributed by atoms with van der Waals surface area (Å²) in [4.78, 5) is 23.6. The van der Waals surface area contributed by atoms with E-state index in [1.54, 1.807) is 0 Å². The van der Waals surface area contributed by atoms with Crippen LogP contribution in [0.25, 0.3) is 0 Å². The minimum Gasteiger partial charge on any atom is -0.463 e. The highest BCUT2D eigenvalue weighted by Crippen LogP contribution is 2.22. The van der Waals surface area contributed by atoms with Gasteiger partial charge in [-0.05, 0) is 24.3 Å². The summed E-state index contributed by atoms with van der Waals surface area (Å²) < 4.78 is 37.7. The van der Waals surface area contributed by atoms with Gasteiger partial charge in [-0.1, -0.05) is 11.6 Å². The monoisotopic (exact) mass is 372 g/mol. The van der Waals surface area contributed by atoms with Crippen LogP contribution in [0.3, 0.4) is 0 Å². The van der Waals surface area contributed by atoms with Crippen LogP contribution in [0.15, 0.2) is 39.8 Å². The average Bonchev–Trinajstić information content (AvgIpc) is 2.99. The Bertz CT molecular complexity index is 883. The maximum atomic E-state index is 12.1. The number of ether oxygens (including phenoxy) is 2. The maximum Gasteiger partial charge on any atom is 0.374 e. The van der Waals surface area contributed by atoms with Crippen molar-refractivity contribution in [2.45, 2.75) is 11.5 Å². The molecule has 0 spiro atoms. The molecule has 24 heavy (non-hydrogen) atoms. The van der Waals surface area contributed by atoms with Crippen LogP contribution >= 0.6 is 11.6 Å². The minimum absolute atomic E-state index is 0.0489. The average molecular weight is 373 g/mol. The molecule has 0 atom stereocenters. The smallest absolute Gasteiger partial charge is 0.374 e. The molecule has 0 aliphatic carbocycles. The number of carbonyl (C=O) groups is 2. The van der Waals surface area contributed by atoms with Gasteiger partial charge in [-0.2, -0.15) is 0 Å². The van der Waals surface area contributed by atoms with Gasteiger partial charge in [0.1, 0.15) is 6.61 Å². The first-order valence-electron chi connectivity index (χ1n) is 6.55. The Balaban J connectivity index is 2.20. The first-order chi connectivity index (χ1) is 11.2. The molecule has 0 amide bonds. The number of rotatable bonds is 5. The predicted octanol–water partition coefficient (Wildman–Crippen LogP) is 2.48. The lowest BCUT2D eigenvalue weighted by molar-refractivity contribution is 0.0453. The fraction of sp³-hybridized carbons (Fsp3) is 0.200. The second-order valence-corrected chi connectivity index (χ2v) is 7.18. The van der Waals surface area contributed by atoms with Crippen LogP contribution < -0.4 is 0 Å². The number of furan rings is 1. The molecule has 1 heterocycles. The lowest BCUT2D eigenvalue weighted by Gasteiger charge is -2.07. The van der Waals surface area contributed by atoms with Crippen LogP contribution in [0.4, 0.5) is 0 Å². The van der Waals surface area contributed by atoms with Gasteiger partial charge >= 0.3 is 11.9 Å². The standard InChI is InChI=1S/C15H13ClO7S/c1-21-15(18)13-9(5-6-22-13)8-23-14(17)11-7-10(24(2,19)20)3-4-12(11)16/h3-7H,8H2,1-2H3. The number of hydrogen-bond donors (Lipinski definition) is 0. The maximum absolute atomic E-state index is 12.1.